The van der Waals surface area contributed by atoms with E-state index in [0.717, 1.165) is 10.9 Å². The summed E-state index contributed by atoms with van der Waals surface area (Å²) in [6.45, 7) is 0. The number of carboxylic acid groups (broad SMARTS) is 1. The maximum atomic E-state index is 11.5. The highest BCUT2D eigenvalue weighted by Gasteiger charge is 2.15. The number of pyridine rings is 1. The number of carbonyl (C=O) groups is 1. The van der Waals surface area contributed by atoms with E-state index in [1.807, 2.05) is 30.3 Å². The van der Waals surface area contributed by atoms with Crippen LogP contribution in [0.5, 0.6) is 5.75 Å². The van der Waals surface area contributed by atoms with E-state index in [0.29, 0.717) is 22.8 Å². The van der Waals surface area contributed by atoms with Crippen molar-refractivity contribution in [2.45, 2.75) is 0 Å². The van der Waals surface area contributed by atoms with Gasteiger partial charge in [-0.15, -0.1) is 12.4 Å². The molecule has 3 N–H and O–H groups in total. The number of aromatic carboxylic acids is 1. The van der Waals surface area contributed by atoms with E-state index in [9.17, 15) is 15.0 Å². The minimum Gasteiger partial charge on any atom is -0.508 e. The van der Waals surface area contributed by atoms with Crippen LogP contribution < -0.4 is 5.32 Å². The summed E-state index contributed by atoms with van der Waals surface area (Å²) in [6.07, 6.45) is 3.33. The van der Waals surface area contributed by atoms with E-state index < -0.39 is 5.97 Å². The second kappa shape index (κ2) is 7.89. The predicted molar refractivity (Wildman–Crippen MR) is 108 cm³/mol. The van der Waals surface area contributed by atoms with Gasteiger partial charge >= 0.3 is 5.97 Å². The Hall–Kier alpha value is -3.71. The lowest BCUT2D eigenvalue weighted by Gasteiger charge is -2.13. The third kappa shape index (κ3) is 3.70. The number of rotatable bonds is 4. The Morgan fingerprint density at radius 1 is 1.00 bits per heavy atom. The van der Waals surface area contributed by atoms with Crippen molar-refractivity contribution in [1.29, 1.82) is 0 Å². The van der Waals surface area contributed by atoms with Gasteiger partial charge in [-0.3, -0.25) is 4.98 Å². The molecule has 0 bridgehead atoms. The molecule has 0 saturated carbocycles. The molecule has 4 rings (SSSR count). The van der Waals surface area contributed by atoms with Crippen molar-refractivity contribution in [3.63, 3.8) is 0 Å². The number of nitrogens with one attached hydrogen (secondary N) is 1. The highest BCUT2D eigenvalue weighted by atomic mass is 35.5. The van der Waals surface area contributed by atoms with E-state index in [1.165, 1.54) is 18.2 Å². The minimum absolute atomic E-state index is 0. The fourth-order valence-corrected chi connectivity index (χ4v) is 2.74. The summed E-state index contributed by atoms with van der Waals surface area (Å²) in [7, 11) is 0. The number of anilines is 2. The van der Waals surface area contributed by atoms with E-state index >= 15 is 0 Å². The molecule has 2 aromatic heterocycles. The molecule has 0 aliphatic carbocycles. The Morgan fingerprint density at radius 3 is 2.57 bits per heavy atom. The maximum absolute atomic E-state index is 11.5. The lowest BCUT2D eigenvalue weighted by Crippen LogP contribution is -2.05. The van der Waals surface area contributed by atoms with Crippen molar-refractivity contribution >= 4 is 40.8 Å². The summed E-state index contributed by atoms with van der Waals surface area (Å²) in [5.41, 5.74) is 1.72. The zero-order valence-corrected chi connectivity index (χ0v) is 15.2. The molecule has 28 heavy (non-hydrogen) atoms. The summed E-state index contributed by atoms with van der Waals surface area (Å²) < 4.78 is 0. The van der Waals surface area contributed by atoms with Gasteiger partial charge in [0.1, 0.15) is 11.6 Å². The van der Waals surface area contributed by atoms with Crippen LogP contribution in [0.4, 0.5) is 11.5 Å². The van der Waals surface area contributed by atoms with Crippen LogP contribution in [0.15, 0.2) is 67.0 Å². The van der Waals surface area contributed by atoms with Crippen LogP contribution >= 0.6 is 12.4 Å². The average molecular weight is 395 g/mol. The number of fused-ring (bicyclic) bond motifs is 1. The molecule has 0 radical (unpaired) electrons. The van der Waals surface area contributed by atoms with Crippen LogP contribution in [0.2, 0.25) is 0 Å². The molecule has 2 aromatic carbocycles. The van der Waals surface area contributed by atoms with Crippen LogP contribution in [0.1, 0.15) is 10.4 Å². The topological polar surface area (TPSA) is 108 Å². The largest absolute Gasteiger partial charge is 0.508 e. The first-order chi connectivity index (χ1) is 13.1. The molecule has 0 aliphatic rings. The van der Waals surface area contributed by atoms with Crippen LogP contribution in [0.3, 0.4) is 0 Å². The average Bonchev–Trinajstić information content (AvgIpc) is 2.69. The SMILES string of the molecule is Cl.O=C(O)c1cc(O)ccc1Nc1nc(-c2cccnc2)nc2ccccc12. The molecule has 0 atom stereocenters. The first kappa shape index (κ1) is 19.1. The van der Waals surface area contributed by atoms with Crippen molar-refractivity contribution < 1.29 is 15.0 Å². The van der Waals surface area contributed by atoms with Crippen molar-refractivity contribution in [3.05, 3.63) is 72.6 Å². The molecule has 4 aromatic rings. The zero-order valence-electron chi connectivity index (χ0n) is 14.4. The number of carboxylic acids is 1. The van der Waals surface area contributed by atoms with Crippen molar-refractivity contribution in [2.24, 2.45) is 0 Å². The summed E-state index contributed by atoms with van der Waals surface area (Å²) in [5, 5.41) is 22.8. The number of benzene rings is 2. The van der Waals surface area contributed by atoms with Gasteiger partial charge < -0.3 is 15.5 Å². The van der Waals surface area contributed by atoms with Gasteiger partial charge in [-0.25, -0.2) is 14.8 Å². The molecule has 0 amide bonds. The minimum atomic E-state index is -1.15. The summed E-state index contributed by atoms with van der Waals surface area (Å²) in [6, 6.07) is 15.2. The molecule has 7 nitrogen and oxygen atoms in total. The van der Waals surface area contributed by atoms with E-state index in [2.05, 4.69) is 20.3 Å². The number of hydrogen-bond donors (Lipinski definition) is 3. The molecule has 8 heteroatoms. The van der Waals surface area contributed by atoms with Crippen LogP contribution in [-0.2, 0) is 0 Å². The fourth-order valence-electron chi connectivity index (χ4n) is 2.74. The Morgan fingerprint density at radius 2 is 1.82 bits per heavy atom. The number of phenolic OH excluding ortho intramolecular Hbond substituents is 1. The summed E-state index contributed by atoms with van der Waals surface area (Å²) in [5.74, 6) is -0.339. The Balaban J connectivity index is 0.00000225. The molecular formula is C20H15ClN4O3. The third-order valence-electron chi connectivity index (χ3n) is 4.01. The van der Waals surface area contributed by atoms with Gasteiger partial charge in [-0.05, 0) is 42.5 Å². The first-order valence-electron chi connectivity index (χ1n) is 8.12. The number of aromatic hydroxyl groups is 1. The normalized spacial score (nSPS) is 10.3. The van der Waals surface area contributed by atoms with Crippen molar-refractivity contribution in [1.82, 2.24) is 15.0 Å². The number of hydrogen-bond acceptors (Lipinski definition) is 6. The lowest BCUT2D eigenvalue weighted by molar-refractivity contribution is 0.0697. The number of halogens is 1. The van der Waals surface area contributed by atoms with Gasteiger partial charge in [0, 0.05) is 23.3 Å². The Labute approximate surface area is 166 Å². The van der Waals surface area contributed by atoms with Crippen molar-refractivity contribution in [3.8, 4) is 17.1 Å². The van der Waals surface area contributed by atoms with Crippen molar-refractivity contribution in [2.75, 3.05) is 5.32 Å². The molecule has 0 fully saturated rings. The zero-order chi connectivity index (χ0) is 18.8. The fraction of sp³-hybridized carbons (Fsp3) is 0. The first-order valence-corrected chi connectivity index (χ1v) is 8.12. The molecule has 140 valence electrons. The molecule has 2 heterocycles. The number of aromatic nitrogens is 3. The molecule has 0 aliphatic heterocycles. The highest BCUT2D eigenvalue weighted by Crippen LogP contribution is 2.29. The van der Waals surface area contributed by atoms with Crippen LogP contribution in [-0.4, -0.2) is 31.1 Å². The van der Waals surface area contributed by atoms with Gasteiger partial charge in [0.05, 0.1) is 16.8 Å². The number of para-hydroxylation sites is 1. The second-order valence-electron chi connectivity index (χ2n) is 5.81. The Kier molecular flexibility index (Phi) is 5.37. The Bertz CT molecular complexity index is 1150. The van der Waals surface area contributed by atoms with Crippen LogP contribution in [0.25, 0.3) is 22.3 Å². The van der Waals surface area contributed by atoms with E-state index in [1.54, 1.807) is 18.5 Å². The molecule has 0 unspecified atom stereocenters. The van der Waals surface area contributed by atoms with Gasteiger partial charge in [-0.2, -0.15) is 0 Å². The second-order valence-corrected chi connectivity index (χ2v) is 5.81. The smallest absolute Gasteiger partial charge is 0.337 e. The standard InChI is InChI=1S/C20H14N4O3.ClH/c25-13-7-8-17(15(10-13)20(26)27)23-19-14-5-1-2-6-16(14)22-18(24-19)12-4-3-9-21-11-12;/h1-11,25H,(H,26,27)(H,22,23,24);1H. The van der Waals surface area contributed by atoms with E-state index in [-0.39, 0.29) is 23.7 Å². The molecular weight excluding hydrogens is 380 g/mol. The van der Waals surface area contributed by atoms with Gasteiger partial charge in [0.2, 0.25) is 0 Å². The third-order valence-corrected chi connectivity index (χ3v) is 4.01. The van der Waals surface area contributed by atoms with Gasteiger partial charge in [0.25, 0.3) is 0 Å². The maximum Gasteiger partial charge on any atom is 0.337 e. The highest BCUT2D eigenvalue weighted by molar-refractivity contribution is 5.98. The quantitative estimate of drug-likeness (QED) is 0.444. The lowest BCUT2D eigenvalue weighted by atomic mass is 10.1. The van der Waals surface area contributed by atoms with Gasteiger partial charge in [0.15, 0.2) is 5.82 Å². The summed E-state index contributed by atoms with van der Waals surface area (Å²) in [4.78, 5) is 24.8. The van der Waals surface area contributed by atoms with E-state index in [4.69, 9.17) is 0 Å². The summed E-state index contributed by atoms with van der Waals surface area (Å²) >= 11 is 0. The monoisotopic (exact) mass is 394 g/mol. The predicted octanol–water partition coefficient (Wildman–Crippen LogP) is 4.26. The number of phenols is 1. The molecule has 0 saturated heterocycles. The molecule has 0 spiro atoms. The number of nitrogens with zero attached hydrogens (tertiary/aromatic N) is 3. The van der Waals surface area contributed by atoms with Gasteiger partial charge in [-0.1, -0.05) is 12.1 Å². The van der Waals surface area contributed by atoms with Crippen LogP contribution in [0, 0.1) is 0 Å².